The summed E-state index contributed by atoms with van der Waals surface area (Å²) in [5, 5.41) is 6.85. The van der Waals surface area contributed by atoms with Crippen LogP contribution in [0.15, 0.2) is 60.7 Å². The van der Waals surface area contributed by atoms with Gasteiger partial charge in [-0.1, -0.05) is 61.0 Å². The van der Waals surface area contributed by atoms with Crippen molar-refractivity contribution >= 4 is 22.4 Å². The van der Waals surface area contributed by atoms with Gasteiger partial charge >= 0.3 is 0 Å². The predicted octanol–water partition coefficient (Wildman–Crippen LogP) is 5.63. The molecule has 1 aliphatic heterocycles. The number of fused-ring (bicyclic) bond motifs is 3. The van der Waals surface area contributed by atoms with Crippen LogP contribution in [0.3, 0.4) is 0 Å². The van der Waals surface area contributed by atoms with Crippen LogP contribution in [0.25, 0.3) is 10.8 Å². The first kappa shape index (κ1) is 14.6. The Hall–Kier alpha value is -2.03. The summed E-state index contributed by atoms with van der Waals surface area (Å²) in [5.74, 6) is 0.958. The molecular formula is C20H18ClNO. The largest absolute Gasteiger partial charge is 0.471 e. The van der Waals surface area contributed by atoms with Crippen molar-refractivity contribution in [2.24, 2.45) is 0 Å². The smallest absolute Gasteiger partial charge is 0.177 e. The maximum absolute atomic E-state index is 6.24. The lowest BCUT2D eigenvalue weighted by atomic mass is 9.94. The maximum atomic E-state index is 6.24. The number of benzene rings is 3. The molecule has 2 nitrogen and oxygen atoms in total. The van der Waals surface area contributed by atoms with Gasteiger partial charge in [-0.3, -0.25) is 5.32 Å². The zero-order valence-corrected chi connectivity index (χ0v) is 13.7. The average molecular weight is 324 g/mol. The fourth-order valence-corrected chi connectivity index (χ4v) is 3.52. The summed E-state index contributed by atoms with van der Waals surface area (Å²) in [6.07, 6.45) is 0.828. The Labute approximate surface area is 141 Å². The molecule has 116 valence electrons. The van der Waals surface area contributed by atoms with E-state index in [2.05, 4.69) is 48.6 Å². The number of nitrogens with one attached hydrogen (secondary N) is 1. The van der Waals surface area contributed by atoms with E-state index in [1.165, 1.54) is 16.3 Å². The molecule has 3 aromatic rings. The monoisotopic (exact) mass is 323 g/mol. The van der Waals surface area contributed by atoms with Crippen LogP contribution in [0.4, 0.5) is 0 Å². The summed E-state index contributed by atoms with van der Waals surface area (Å²) in [7, 11) is 0. The van der Waals surface area contributed by atoms with E-state index in [0.29, 0.717) is 0 Å². The molecule has 0 saturated carbocycles. The first-order valence-corrected chi connectivity index (χ1v) is 8.34. The first-order valence-electron chi connectivity index (χ1n) is 7.96. The highest BCUT2D eigenvalue weighted by Crippen LogP contribution is 2.41. The third-order valence-corrected chi connectivity index (χ3v) is 4.67. The Morgan fingerprint density at radius 2 is 1.91 bits per heavy atom. The third-order valence-electron chi connectivity index (χ3n) is 4.44. The summed E-state index contributed by atoms with van der Waals surface area (Å²) in [6, 6.07) is 20.8. The van der Waals surface area contributed by atoms with Gasteiger partial charge in [-0.25, -0.2) is 0 Å². The molecule has 0 saturated heterocycles. The van der Waals surface area contributed by atoms with E-state index in [1.807, 2.05) is 24.3 Å². The summed E-state index contributed by atoms with van der Waals surface area (Å²) in [4.78, 5) is 0. The maximum Gasteiger partial charge on any atom is 0.177 e. The second kappa shape index (κ2) is 5.88. The minimum atomic E-state index is -0.174. The Kier molecular flexibility index (Phi) is 3.72. The van der Waals surface area contributed by atoms with E-state index in [-0.39, 0.29) is 12.3 Å². The quantitative estimate of drug-likeness (QED) is 0.660. The van der Waals surface area contributed by atoms with Gasteiger partial charge in [0, 0.05) is 22.2 Å². The summed E-state index contributed by atoms with van der Waals surface area (Å²) in [6.45, 7) is 2.20. The predicted molar refractivity (Wildman–Crippen MR) is 94.9 cm³/mol. The van der Waals surface area contributed by atoms with E-state index >= 15 is 0 Å². The minimum Gasteiger partial charge on any atom is -0.471 e. The van der Waals surface area contributed by atoms with Crippen molar-refractivity contribution in [2.75, 3.05) is 0 Å². The van der Waals surface area contributed by atoms with Crippen molar-refractivity contribution in [3.8, 4) is 5.75 Å². The first-order chi connectivity index (χ1) is 11.3. The lowest BCUT2D eigenvalue weighted by molar-refractivity contribution is 0.124. The zero-order valence-electron chi connectivity index (χ0n) is 12.9. The van der Waals surface area contributed by atoms with E-state index < -0.39 is 0 Å². The molecule has 0 aliphatic carbocycles. The minimum absolute atomic E-state index is 0.174. The van der Waals surface area contributed by atoms with E-state index in [0.717, 1.165) is 22.8 Å². The molecular weight excluding hydrogens is 306 g/mol. The van der Waals surface area contributed by atoms with Crippen molar-refractivity contribution in [1.29, 1.82) is 0 Å². The van der Waals surface area contributed by atoms with Gasteiger partial charge in [0.15, 0.2) is 6.23 Å². The second-order valence-corrected chi connectivity index (χ2v) is 6.32. The number of halogens is 1. The van der Waals surface area contributed by atoms with Gasteiger partial charge in [0.05, 0.1) is 0 Å². The molecule has 0 fully saturated rings. The third kappa shape index (κ3) is 2.58. The number of hydrogen-bond donors (Lipinski definition) is 1. The lowest BCUT2D eigenvalue weighted by Gasteiger charge is -2.34. The molecule has 0 bridgehead atoms. The number of ether oxygens (including phenoxy) is 1. The van der Waals surface area contributed by atoms with Crippen molar-refractivity contribution in [2.45, 2.75) is 25.6 Å². The van der Waals surface area contributed by atoms with Gasteiger partial charge in [-0.15, -0.1) is 0 Å². The summed E-state index contributed by atoms with van der Waals surface area (Å²) >= 11 is 6.13. The topological polar surface area (TPSA) is 21.3 Å². The molecule has 2 atom stereocenters. The second-order valence-electron chi connectivity index (χ2n) is 5.88. The van der Waals surface area contributed by atoms with Crippen molar-refractivity contribution < 1.29 is 4.74 Å². The highest BCUT2D eigenvalue weighted by molar-refractivity contribution is 6.30. The molecule has 0 amide bonds. The average Bonchev–Trinajstić information content (AvgIpc) is 2.60. The highest BCUT2D eigenvalue weighted by Gasteiger charge is 2.28. The van der Waals surface area contributed by atoms with Gasteiger partial charge in [-0.05, 0) is 35.4 Å². The van der Waals surface area contributed by atoms with Crippen LogP contribution < -0.4 is 10.1 Å². The van der Waals surface area contributed by atoms with Gasteiger partial charge in [-0.2, -0.15) is 0 Å². The van der Waals surface area contributed by atoms with Crippen molar-refractivity contribution in [3.05, 3.63) is 76.8 Å². The normalized spacial score (nSPS) is 20.1. The van der Waals surface area contributed by atoms with Crippen LogP contribution in [-0.4, -0.2) is 0 Å². The molecule has 1 aliphatic rings. The lowest BCUT2D eigenvalue weighted by Crippen LogP contribution is -2.34. The van der Waals surface area contributed by atoms with Crippen LogP contribution in [0.5, 0.6) is 5.75 Å². The number of rotatable bonds is 2. The van der Waals surface area contributed by atoms with Gasteiger partial charge in [0.1, 0.15) is 5.75 Å². The molecule has 2 unspecified atom stereocenters. The summed E-state index contributed by atoms with van der Waals surface area (Å²) < 4.78 is 6.24. The SMILES string of the molecule is CCC1NC(c2cccc(Cl)c2)Oc2ccc3ccccc3c21. The van der Waals surface area contributed by atoms with Crippen molar-refractivity contribution in [3.63, 3.8) is 0 Å². The van der Waals surface area contributed by atoms with Crippen LogP contribution >= 0.6 is 11.6 Å². The summed E-state index contributed by atoms with van der Waals surface area (Å²) in [5.41, 5.74) is 2.30. The molecule has 4 rings (SSSR count). The van der Waals surface area contributed by atoms with Crippen LogP contribution in [0, 0.1) is 0 Å². The zero-order chi connectivity index (χ0) is 15.8. The van der Waals surface area contributed by atoms with Crippen molar-refractivity contribution in [1.82, 2.24) is 5.32 Å². The molecule has 3 heteroatoms. The Morgan fingerprint density at radius 3 is 2.74 bits per heavy atom. The van der Waals surface area contributed by atoms with E-state index in [1.54, 1.807) is 0 Å². The standard InChI is InChI=1S/C20H18ClNO/c1-2-17-19-16-9-4-3-6-13(16)10-11-18(19)23-20(22-17)14-7-5-8-15(21)12-14/h3-12,17,20,22H,2H2,1H3. The van der Waals surface area contributed by atoms with Gasteiger partial charge in [0.25, 0.3) is 0 Å². The Balaban J connectivity index is 1.81. The van der Waals surface area contributed by atoms with Gasteiger partial charge < -0.3 is 4.74 Å². The van der Waals surface area contributed by atoms with Gasteiger partial charge in [0.2, 0.25) is 0 Å². The molecule has 1 heterocycles. The van der Waals surface area contributed by atoms with E-state index in [9.17, 15) is 0 Å². The van der Waals surface area contributed by atoms with E-state index in [4.69, 9.17) is 16.3 Å². The highest BCUT2D eigenvalue weighted by atomic mass is 35.5. The molecule has 3 aromatic carbocycles. The van der Waals surface area contributed by atoms with Crippen LogP contribution in [-0.2, 0) is 0 Å². The number of hydrogen-bond acceptors (Lipinski definition) is 2. The molecule has 1 N–H and O–H groups in total. The Morgan fingerprint density at radius 1 is 1.04 bits per heavy atom. The molecule has 0 aromatic heterocycles. The van der Waals surface area contributed by atoms with Crippen LogP contribution in [0.2, 0.25) is 5.02 Å². The molecule has 23 heavy (non-hydrogen) atoms. The Bertz CT molecular complexity index is 861. The molecule has 0 spiro atoms. The fraction of sp³-hybridized carbons (Fsp3) is 0.200. The fourth-order valence-electron chi connectivity index (χ4n) is 3.32. The van der Waals surface area contributed by atoms with Crippen LogP contribution in [0.1, 0.15) is 36.7 Å². The molecule has 0 radical (unpaired) electrons.